The van der Waals surface area contributed by atoms with Crippen LogP contribution in [0.4, 0.5) is 0 Å². The van der Waals surface area contributed by atoms with Gasteiger partial charge in [0, 0.05) is 7.05 Å². The van der Waals surface area contributed by atoms with E-state index in [1.165, 1.54) is 6.42 Å². The molecule has 1 aliphatic rings. The van der Waals surface area contributed by atoms with E-state index in [-0.39, 0.29) is 5.91 Å². The first kappa shape index (κ1) is 16.5. The second kappa shape index (κ2) is 6.95. The van der Waals surface area contributed by atoms with Crippen LogP contribution in [0.25, 0.3) is 0 Å². The van der Waals surface area contributed by atoms with Crippen molar-refractivity contribution in [3.63, 3.8) is 0 Å². The van der Waals surface area contributed by atoms with Crippen molar-refractivity contribution in [2.45, 2.75) is 45.4 Å². The molecule has 0 heterocycles. The summed E-state index contributed by atoms with van der Waals surface area (Å²) in [6, 6.07) is 7.72. The molecule has 2 N–H and O–H groups in total. The fraction of sp³-hybridized carbons (Fsp3) is 0.556. The summed E-state index contributed by atoms with van der Waals surface area (Å²) in [6.45, 7) is 1.85. The third kappa shape index (κ3) is 4.09. The summed E-state index contributed by atoms with van der Waals surface area (Å²) in [4.78, 5) is 23.1. The highest BCUT2D eigenvalue weighted by molar-refractivity contribution is 5.78. The number of carbonyl (C=O) groups excluding carboxylic acids is 1. The van der Waals surface area contributed by atoms with Crippen molar-refractivity contribution in [1.82, 2.24) is 5.32 Å². The van der Waals surface area contributed by atoms with E-state index >= 15 is 0 Å². The Bertz CT molecular complexity index is 534. The first-order chi connectivity index (χ1) is 10.4. The Morgan fingerprint density at radius 2 is 1.82 bits per heavy atom. The van der Waals surface area contributed by atoms with Gasteiger partial charge in [-0.15, -0.1) is 0 Å². The Morgan fingerprint density at radius 3 is 2.27 bits per heavy atom. The van der Waals surface area contributed by atoms with Crippen LogP contribution in [-0.4, -0.2) is 24.0 Å². The van der Waals surface area contributed by atoms with E-state index in [4.69, 9.17) is 0 Å². The molecule has 22 heavy (non-hydrogen) atoms. The molecular weight excluding hydrogens is 278 g/mol. The maximum Gasteiger partial charge on any atom is 0.309 e. The first-order valence-electron chi connectivity index (χ1n) is 7.95. The van der Waals surface area contributed by atoms with Crippen LogP contribution in [0.15, 0.2) is 24.3 Å². The van der Waals surface area contributed by atoms with Crippen LogP contribution in [0, 0.1) is 11.3 Å². The van der Waals surface area contributed by atoms with Crippen LogP contribution in [-0.2, 0) is 22.4 Å². The van der Waals surface area contributed by atoms with Gasteiger partial charge in [0.2, 0.25) is 5.91 Å². The van der Waals surface area contributed by atoms with Crippen molar-refractivity contribution in [1.29, 1.82) is 0 Å². The van der Waals surface area contributed by atoms with Crippen LogP contribution in [0.2, 0.25) is 0 Å². The molecule has 1 unspecified atom stereocenters. The van der Waals surface area contributed by atoms with Crippen molar-refractivity contribution in [3.8, 4) is 0 Å². The number of carboxylic acids is 1. The van der Waals surface area contributed by atoms with Gasteiger partial charge in [-0.05, 0) is 36.8 Å². The number of amides is 1. The smallest absolute Gasteiger partial charge is 0.309 e. The molecule has 2 rings (SSSR count). The average molecular weight is 303 g/mol. The van der Waals surface area contributed by atoms with Crippen molar-refractivity contribution in [3.05, 3.63) is 35.4 Å². The van der Waals surface area contributed by atoms with Gasteiger partial charge in [0.15, 0.2) is 0 Å². The normalized spacial score (nSPS) is 17.4. The number of likely N-dealkylation sites (N-methyl/N-ethyl adjacent to an activating group) is 1. The van der Waals surface area contributed by atoms with Crippen LogP contribution in [0.5, 0.6) is 0 Å². The molecule has 1 aromatic rings. The van der Waals surface area contributed by atoms with E-state index in [9.17, 15) is 14.7 Å². The van der Waals surface area contributed by atoms with Gasteiger partial charge >= 0.3 is 5.97 Å². The van der Waals surface area contributed by atoms with Crippen molar-refractivity contribution in [2.24, 2.45) is 11.3 Å². The quantitative estimate of drug-likeness (QED) is 0.814. The second-order valence-electron chi connectivity index (χ2n) is 6.71. The molecule has 120 valence electrons. The maximum absolute atomic E-state index is 11.7. The Balaban J connectivity index is 2.03. The molecule has 0 aliphatic heterocycles. The molecule has 0 saturated heterocycles. The zero-order valence-electron chi connectivity index (χ0n) is 13.4. The second-order valence-corrected chi connectivity index (χ2v) is 6.71. The largest absolute Gasteiger partial charge is 0.481 e. The number of carboxylic acid groups (broad SMARTS) is 1. The fourth-order valence-corrected chi connectivity index (χ4v) is 3.07. The Kier molecular flexibility index (Phi) is 5.22. The standard InChI is InChI=1S/C18H25NO3/c1-18(17(21)22,11-14-4-3-5-14)12-15-8-6-13(7-9-15)10-16(20)19-2/h6-9,14H,3-5,10-12H2,1-2H3,(H,19,20)(H,21,22). The molecule has 1 atom stereocenters. The summed E-state index contributed by atoms with van der Waals surface area (Å²) in [5.41, 5.74) is 1.26. The Morgan fingerprint density at radius 1 is 1.23 bits per heavy atom. The molecule has 0 radical (unpaired) electrons. The molecule has 0 bridgehead atoms. The summed E-state index contributed by atoms with van der Waals surface area (Å²) < 4.78 is 0. The third-order valence-electron chi connectivity index (χ3n) is 4.74. The minimum atomic E-state index is -0.714. The number of hydrogen-bond donors (Lipinski definition) is 2. The SMILES string of the molecule is CNC(=O)Cc1ccc(CC(C)(CC2CCC2)C(=O)O)cc1. The molecule has 0 spiro atoms. The summed E-state index contributed by atoms with van der Waals surface area (Å²) in [5.74, 6) is -0.171. The van der Waals surface area contributed by atoms with Gasteiger partial charge in [0.05, 0.1) is 11.8 Å². The van der Waals surface area contributed by atoms with E-state index in [1.54, 1.807) is 7.05 Å². The lowest BCUT2D eigenvalue weighted by Crippen LogP contribution is -2.34. The number of aliphatic carboxylic acids is 1. The number of carbonyl (C=O) groups is 2. The Hall–Kier alpha value is -1.84. The van der Waals surface area contributed by atoms with Crippen LogP contribution in [0.3, 0.4) is 0 Å². The van der Waals surface area contributed by atoms with Crippen LogP contribution in [0.1, 0.15) is 43.7 Å². The summed E-state index contributed by atoms with van der Waals surface area (Å²) >= 11 is 0. The van der Waals surface area contributed by atoms with Gasteiger partial charge < -0.3 is 10.4 Å². The van der Waals surface area contributed by atoms with Crippen LogP contribution >= 0.6 is 0 Å². The molecule has 1 aliphatic carbocycles. The predicted molar refractivity (Wildman–Crippen MR) is 85.6 cm³/mol. The number of rotatable bonds is 7. The Labute approximate surface area is 131 Å². The van der Waals surface area contributed by atoms with Crippen molar-refractivity contribution < 1.29 is 14.7 Å². The van der Waals surface area contributed by atoms with Crippen molar-refractivity contribution >= 4 is 11.9 Å². The summed E-state index contributed by atoms with van der Waals surface area (Å²) in [7, 11) is 1.62. The summed E-state index contributed by atoms with van der Waals surface area (Å²) in [6.07, 6.45) is 5.20. The maximum atomic E-state index is 11.7. The lowest BCUT2D eigenvalue weighted by molar-refractivity contribution is -0.149. The third-order valence-corrected chi connectivity index (χ3v) is 4.74. The lowest BCUT2D eigenvalue weighted by atomic mass is 9.70. The zero-order chi connectivity index (χ0) is 16.2. The van der Waals surface area contributed by atoms with Gasteiger partial charge in [-0.2, -0.15) is 0 Å². The average Bonchev–Trinajstić information content (AvgIpc) is 2.45. The highest BCUT2D eigenvalue weighted by Gasteiger charge is 2.37. The van der Waals surface area contributed by atoms with Gasteiger partial charge in [0.25, 0.3) is 0 Å². The van der Waals surface area contributed by atoms with Gasteiger partial charge in [-0.1, -0.05) is 43.5 Å². The minimum absolute atomic E-state index is 0.0203. The molecular formula is C18H25NO3. The molecule has 1 fully saturated rings. The van der Waals surface area contributed by atoms with E-state index in [0.717, 1.165) is 30.4 Å². The van der Waals surface area contributed by atoms with E-state index < -0.39 is 11.4 Å². The molecule has 4 nitrogen and oxygen atoms in total. The van der Waals surface area contributed by atoms with Gasteiger partial charge in [-0.3, -0.25) is 9.59 Å². The van der Waals surface area contributed by atoms with E-state index in [1.807, 2.05) is 31.2 Å². The predicted octanol–water partition coefficient (Wildman–Crippen LogP) is 2.80. The lowest BCUT2D eigenvalue weighted by Gasteiger charge is -2.34. The highest BCUT2D eigenvalue weighted by Crippen LogP contribution is 2.39. The molecule has 1 saturated carbocycles. The first-order valence-corrected chi connectivity index (χ1v) is 7.95. The molecule has 1 amide bonds. The zero-order valence-corrected chi connectivity index (χ0v) is 13.4. The molecule has 1 aromatic carbocycles. The molecule has 4 heteroatoms. The van der Waals surface area contributed by atoms with Gasteiger partial charge in [-0.25, -0.2) is 0 Å². The monoisotopic (exact) mass is 303 g/mol. The van der Waals surface area contributed by atoms with E-state index in [2.05, 4.69) is 5.32 Å². The topological polar surface area (TPSA) is 66.4 Å². The number of benzene rings is 1. The molecule has 0 aromatic heterocycles. The van der Waals surface area contributed by atoms with E-state index in [0.29, 0.717) is 18.8 Å². The fourth-order valence-electron chi connectivity index (χ4n) is 3.07. The minimum Gasteiger partial charge on any atom is -0.481 e. The van der Waals surface area contributed by atoms with Crippen LogP contribution < -0.4 is 5.32 Å². The highest BCUT2D eigenvalue weighted by atomic mass is 16.4. The summed E-state index contributed by atoms with van der Waals surface area (Å²) in [5, 5.41) is 12.2. The number of nitrogens with one attached hydrogen (secondary N) is 1. The number of hydrogen-bond acceptors (Lipinski definition) is 2. The van der Waals surface area contributed by atoms with Gasteiger partial charge in [0.1, 0.15) is 0 Å². The van der Waals surface area contributed by atoms with Crippen molar-refractivity contribution in [2.75, 3.05) is 7.05 Å².